The van der Waals surface area contributed by atoms with Gasteiger partial charge in [0.25, 0.3) is 0 Å². The molecule has 0 bridgehead atoms. The van der Waals surface area contributed by atoms with E-state index < -0.39 is 0 Å². The quantitative estimate of drug-likeness (QED) is 0.860. The molecular formula is C18H21N. The van der Waals surface area contributed by atoms with Crippen LogP contribution in [0, 0.1) is 6.92 Å². The molecule has 3 rings (SSSR count). The second-order valence-electron chi connectivity index (χ2n) is 5.63. The third-order valence-electron chi connectivity index (χ3n) is 4.13. The van der Waals surface area contributed by atoms with E-state index in [4.69, 9.17) is 5.73 Å². The summed E-state index contributed by atoms with van der Waals surface area (Å²) in [5, 5.41) is 0. The molecule has 19 heavy (non-hydrogen) atoms. The average molecular weight is 251 g/mol. The largest absolute Gasteiger partial charge is 0.320 e. The molecule has 0 aliphatic heterocycles. The summed E-state index contributed by atoms with van der Waals surface area (Å²) in [4.78, 5) is 0. The van der Waals surface area contributed by atoms with Crippen molar-refractivity contribution in [1.29, 1.82) is 0 Å². The van der Waals surface area contributed by atoms with E-state index in [1.807, 2.05) is 0 Å². The van der Waals surface area contributed by atoms with Gasteiger partial charge >= 0.3 is 0 Å². The molecule has 98 valence electrons. The minimum Gasteiger partial charge on any atom is -0.320 e. The summed E-state index contributed by atoms with van der Waals surface area (Å²) in [5.41, 5.74) is 13.2. The van der Waals surface area contributed by atoms with Gasteiger partial charge in [-0.05, 0) is 54.9 Å². The van der Waals surface area contributed by atoms with Gasteiger partial charge in [-0.1, -0.05) is 48.0 Å². The minimum atomic E-state index is -0.00729. The third-order valence-corrected chi connectivity index (χ3v) is 4.13. The van der Waals surface area contributed by atoms with Crippen molar-refractivity contribution in [1.82, 2.24) is 0 Å². The predicted molar refractivity (Wildman–Crippen MR) is 80.3 cm³/mol. The lowest BCUT2D eigenvalue weighted by Crippen LogP contribution is -2.13. The molecule has 0 saturated heterocycles. The highest BCUT2D eigenvalue weighted by Crippen LogP contribution is 2.27. The molecule has 1 unspecified atom stereocenters. The van der Waals surface area contributed by atoms with E-state index in [2.05, 4.69) is 49.4 Å². The topological polar surface area (TPSA) is 26.0 Å². The molecule has 2 N–H and O–H groups in total. The molecule has 0 saturated carbocycles. The molecule has 0 heterocycles. The molecule has 0 radical (unpaired) electrons. The van der Waals surface area contributed by atoms with E-state index in [9.17, 15) is 0 Å². The Morgan fingerprint density at radius 3 is 2.42 bits per heavy atom. The Balaban J connectivity index is 1.93. The first-order chi connectivity index (χ1) is 9.24. The molecular weight excluding hydrogens is 230 g/mol. The molecule has 0 amide bonds. The van der Waals surface area contributed by atoms with Crippen LogP contribution >= 0.6 is 0 Å². The van der Waals surface area contributed by atoms with Crippen molar-refractivity contribution in [3.8, 4) is 0 Å². The van der Waals surface area contributed by atoms with Crippen LogP contribution < -0.4 is 5.73 Å². The van der Waals surface area contributed by atoms with Crippen LogP contribution in [0.5, 0.6) is 0 Å². The number of aryl methyl sites for hydroxylation is 3. The normalized spacial score (nSPS) is 15.9. The van der Waals surface area contributed by atoms with Gasteiger partial charge in [-0.25, -0.2) is 0 Å². The molecule has 0 aromatic heterocycles. The summed E-state index contributed by atoms with van der Waals surface area (Å²) in [5.74, 6) is 0. The Bertz CT molecular complexity index is 586. The van der Waals surface area contributed by atoms with E-state index >= 15 is 0 Å². The Morgan fingerprint density at radius 2 is 1.63 bits per heavy atom. The van der Waals surface area contributed by atoms with Crippen molar-refractivity contribution < 1.29 is 0 Å². The summed E-state index contributed by atoms with van der Waals surface area (Å²) in [6, 6.07) is 15.3. The third kappa shape index (κ3) is 2.57. The van der Waals surface area contributed by atoms with Crippen molar-refractivity contribution in [3.05, 3.63) is 70.3 Å². The smallest absolute Gasteiger partial charge is 0.0551 e. The van der Waals surface area contributed by atoms with Gasteiger partial charge in [-0.2, -0.15) is 0 Å². The van der Waals surface area contributed by atoms with Gasteiger partial charge in [-0.3, -0.25) is 0 Å². The lowest BCUT2D eigenvalue weighted by atomic mass is 9.88. The first-order valence-electron chi connectivity index (χ1n) is 7.18. The van der Waals surface area contributed by atoms with Crippen molar-refractivity contribution in [2.75, 3.05) is 0 Å². The maximum Gasteiger partial charge on any atom is 0.0551 e. The Hall–Kier alpha value is -1.60. The first kappa shape index (κ1) is 12.4. The highest BCUT2D eigenvalue weighted by atomic mass is 14.6. The highest BCUT2D eigenvalue weighted by molar-refractivity contribution is 5.39. The van der Waals surface area contributed by atoms with Crippen LogP contribution in [-0.2, 0) is 12.8 Å². The van der Waals surface area contributed by atoms with Crippen LogP contribution in [0.2, 0.25) is 0 Å². The fourth-order valence-corrected chi connectivity index (χ4v) is 3.00. The van der Waals surface area contributed by atoms with Crippen molar-refractivity contribution in [2.45, 2.75) is 38.6 Å². The molecule has 1 aliphatic carbocycles. The summed E-state index contributed by atoms with van der Waals surface area (Å²) < 4.78 is 0. The molecule has 1 heteroatoms. The summed E-state index contributed by atoms with van der Waals surface area (Å²) >= 11 is 0. The number of hydrogen-bond acceptors (Lipinski definition) is 1. The van der Waals surface area contributed by atoms with Crippen molar-refractivity contribution >= 4 is 0 Å². The Kier molecular flexibility index (Phi) is 3.39. The molecule has 0 spiro atoms. The number of hydrogen-bond donors (Lipinski definition) is 1. The standard InChI is InChI=1S/C18H21N/c1-13-5-4-8-16(11-13)18(19)17-10-9-14-6-2-3-7-15(14)12-17/h4-5,8-12,18H,2-3,6-7,19H2,1H3. The maximum atomic E-state index is 6.42. The predicted octanol–water partition coefficient (Wildman–Crippen LogP) is 3.92. The van der Waals surface area contributed by atoms with Crippen molar-refractivity contribution in [2.24, 2.45) is 5.73 Å². The van der Waals surface area contributed by atoms with E-state index in [-0.39, 0.29) is 6.04 Å². The highest BCUT2D eigenvalue weighted by Gasteiger charge is 2.13. The van der Waals surface area contributed by atoms with Crippen LogP contribution in [-0.4, -0.2) is 0 Å². The number of nitrogens with two attached hydrogens (primary N) is 1. The Labute approximate surface area is 115 Å². The van der Waals surface area contributed by atoms with Crippen LogP contribution in [0.4, 0.5) is 0 Å². The Morgan fingerprint density at radius 1 is 0.895 bits per heavy atom. The van der Waals surface area contributed by atoms with Crippen molar-refractivity contribution in [3.63, 3.8) is 0 Å². The van der Waals surface area contributed by atoms with Gasteiger partial charge in [0.15, 0.2) is 0 Å². The zero-order valence-electron chi connectivity index (χ0n) is 11.5. The fraction of sp³-hybridized carbons (Fsp3) is 0.333. The van der Waals surface area contributed by atoms with Gasteiger partial charge in [0.05, 0.1) is 6.04 Å². The first-order valence-corrected chi connectivity index (χ1v) is 7.18. The molecule has 1 nitrogen and oxygen atoms in total. The SMILES string of the molecule is Cc1cccc(C(N)c2ccc3c(c2)CCCC3)c1. The molecule has 2 aromatic carbocycles. The molecule has 1 aliphatic rings. The molecule has 1 atom stereocenters. The van der Waals surface area contributed by atoms with Gasteiger partial charge < -0.3 is 5.73 Å². The summed E-state index contributed by atoms with van der Waals surface area (Å²) in [7, 11) is 0. The fourth-order valence-electron chi connectivity index (χ4n) is 3.00. The van der Waals surface area contributed by atoms with E-state index in [0.29, 0.717) is 0 Å². The van der Waals surface area contributed by atoms with E-state index in [1.165, 1.54) is 53.5 Å². The minimum absolute atomic E-state index is 0.00729. The zero-order valence-corrected chi connectivity index (χ0v) is 11.5. The van der Waals surface area contributed by atoms with Crippen LogP contribution in [0.25, 0.3) is 0 Å². The second-order valence-corrected chi connectivity index (χ2v) is 5.63. The zero-order chi connectivity index (χ0) is 13.2. The van der Waals surface area contributed by atoms with Gasteiger partial charge in [-0.15, -0.1) is 0 Å². The van der Waals surface area contributed by atoms with Gasteiger partial charge in [0.2, 0.25) is 0 Å². The van der Waals surface area contributed by atoms with Gasteiger partial charge in [0, 0.05) is 0 Å². The van der Waals surface area contributed by atoms with Crippen LogP contribution in [0.3, 0.4) is 0 Å². The van der Waals surface area contributed by atoms with Crippen LogP contribution in [0.1, 0.15) is 46.7 Å². The monoisotopic (exact) mass is 251 g/mol. The second kappa shape index (κ2) is 5.18. The van der Waals surface area contributed by atoms with Crippen LogP contribution in [0.15, 0.2) is 42.5 Å². The summed E-state index contributed by atoms with van der Waals surface area (Å²) in [6.07, 6.45) is 5.09. The lowest BCUT2D eigenvalue weighted by molar-refractivity contribution is 0.682. The number of rotatable bonds is 2. The molecule has 2 aromatic rings. The van der Waals surface area contributed by atoms with Gasteiger partial charge in [0.1, 0.15) is 0 Å². The number of benzene rings is 2. The average Bonchev–Trinajstić information content (AvgIpc) is 2.46. The van der Waals surface area contributed by atoms with E-state index in [0.717, 1.165) is 0 Å². The lowest BCUT2D eigenvalue weighted by Gasteiger charge is -2.19. The van der Waals surface area contributed by atoms with E-state index in [1.54, 1.807) is 0 Å². The number of fused-ring (bicyclic) bond motifs is 1. The molecule has 0 fully saturated rings. The maximum absolute atomic E-state index is 6.42. The summed E-state index contributed by atoms with van der Waals surface area (Å²) in [6.45, 7) is 2.11.